The van der Waals surface area contributed by atoms with Crippen LogP contribution in [0.2, 0.25) is 0 Å². The van der Waals surface area contributed by atoms with Crippen molar-refractivity contribution < 1.29 is 0 Å². The third-order valence-electron chi connectivity index (χ3n) is 2.42. The van der Waals surface area contributed by atoms with Gasteiger partial charge in [0, 0.05) is 6.08 Å². The van der Waals surface area contributed by atoms with Crippen molar-refractivity contribution in [1.29, 1.82) is 5.26 Å². The van der Waals surface area contributed by atoms with E-state index in [1.54, 1.807) is 6.08 Å². The number of allylic oxidation sites excluding steroid dienone is 6. The van der Waals surface area contributed by atoms with Gasteiger partial charge in [0.25, 0.3) is 0 Å². The number of nitrogens with zero attached hydrogens (tertiary/aromatic N) is 1. The maximum atomic E-state index is 8.45. The molecule has 0 saturated heterocycles. The van der Waals surface area contributed by atoms with Crippen LogP contribution < -0.4 is 0 Å². The van der Waals surface area contributed by atoms with E-state index < -0.39 is 0 Å². The van der Waals surface area contributed by atoms with E-state index in [0.717, 1.165) is 12.0 Å². The summed E-state index contributed by atoms with van der Waals surface area (Å²) in [4.78, 5) is 0. The maximum Gasteiger partial charge on any atom is 0.0914 e. The van der Waals surface area contributed by atoms with Crippen molar-refractivity contribution in [3.05, 3.63) is 35.5 Å². The molecule has 0 rings (SSSR count). The van der Waals surface area contributed by atoms with Crippen molar-refractivity contribution in [3.63, 3.8) is 0 Å². The van der Waals surface area contributed by atoms with Gasteiger partial charge in [0.2, 0.25) is 0 Å². The van der Waals surface area contributed by atoms with Crippen molar-refractivity contribution in [3.8, 4) is 6.07 Å². The summed E-state index contributed by atoms with van der Waals surface area (Å²) in [7, 11) is 0. The minimum atomic E-state index is 0.710. The zero-order chi connectivity index (χ0) is 12.4. The van der Waals surface area contributed by atoms with Crippen LogP contribution in [0.3, 0.4) is 0 Å². The zero-order valence-electron chi connectivity index (χ0n) is 11.0. The lowest BCUT2D eigenvalue weighted by Gasteiger charge is -2.06. The van der Waals surface area contributed by atoms with Gasteiger partial charge in [0.1, 0.15) is 0 Å². The number of hydrogen-bond acceptors (Lipinski definition) is 1. The van der Waals surface area contributed by atoms with Gasteiger partial charge in [-0.05, 0) is 51.5 Å². The van der Waals surface area contributed by atoms with Crippen LogP contribution in [0.1, 0.15) is 47.0 Å². The Balaban J connectivity index is 3.82. The van der Waals surface area contributed by atoms with Crippen LogP contribution in [0.5, 0.6) is 0 Å². The molecule has 0 N–H and O–H groups in total. The van der Waals surface area contributed by atoms with Gasteiger partial charge < -0.3 is 0 Å². The molecule has 0 radical (unpaired) electrons. The largest absolute Gasteiger partial charge is 0.193 e. The van der Waals surface area contributed by atoms with Gasteiger partial charge in [-0.2, -0.15) is 5.26 Å². The SMILES string of the molecule is CC(C)=CCCC(C)CC=CC(C)=CC#N. The third-order valence-corrected chi connectivity index (χ3v) is 2.42. The van der Waals surface area contributed by atoms with Gasteiger partial charge in [0.05, 0.1) is 6.07 Å². The van der Waals surface area contributed by atoms with Crippen LogP contribution in [0.25, 0.3) is 0 Å². The number of hydrogen-bond donors (Lipinski definition) is 0. The Morgan fingerprint density at radius 3 is 2.56 bits per heavy atom. The Labute approximate surface area is 100 Å². The summed E-state index contributed by atoms with van der Waals surface area (Å²) in [6.07, 6.45) is 11.6. The van der Waals surface area contributed by atoms with E-state index in [9.17, 15) is 0 Å². The Morgan fingerprint density at radius 1 is 1.31 bits per heavy atom. The lowest BCUT2D eigenvalue weighted by Crippen LogP contribution is -1.91. The molecule has 0 aliphatic heterocycles. The van der Waals surface area contributed by atoms with Crippen molar-refractivity contribution >= 4 is 0 Å². The maximum absolute atomic E-state index is 8.45. The first-order valence-corrected chi connectivity index (χ1v) is 5.92. The molecule has 16 heavy (non-hydrogen) atoms. The molecule has 0 heterocycles. The Morgan fingerprint density at radius 2 is 2.00 bits per heavy atom. The molecule has 0 fully saturated rings. The Kier molecular flexibility index (Phi) is 8.25. The van der Waals surface area contributed by atoms with Gasteiger partial charge in [-0.25, -0.2) is 0 Å². The molecule has 88 valence electrons. The van der Waals surface area contributed by atoms with Gasteiger partial charge >= 0.3 is 0 Å². The van der Waals surface area contributed by atoms with Crippen molar-refractivity contribution in [2.45, 2.75) is 47.0 Å². The molecule has 0 saturated carbocycles. The fraction of sp³-hybridized carbons (Fsp3) is 0.533. The molecule has 0 bridgehead atoms. The molecule has 0 spiro atoms. The predicted molar refractivity (Wildman–Crippen MR) is 71.0 cm³/mol. The molecule has 0 amide bonds. The zero-order valence-corrected chi connectivity index (χ0v) is 11.0. The lowest BCUT2D eigenvalue weighted by molar-refractivity contribution is 0.545. The Hall–Kier alpha value is -1.29. The average molecular weight is 217 g/mol. The minimum absolute atomic E-state index is 0.710. The van der Waals surface area contributed by atoms with Gasteiger partial charge in [0.15, 0.2) is 0 Å². The van der Waals surface area contributed by atoms with Crippen LogP contribution in [0, 0.1) is 17.2 Å². The lowest BCUT2D eigenvalue weighted by atomic mass is 10.0. The summed E-state index contributed by atoms with van der Waals surface area (Å²) >= 11 is 0. The van der Waals surface area contributed by atoms with Crippen LogP contribution in [0.4, 0.5) is 0 Å². The van der Waals surface area contributed by atoms with E-state index in [4.69, 9.17) is 5.26 Å². The van der Waals surface area contributed by atoms with E-state index in [2.05, 4.69) is 32.9 Å². The van der Waals surface area contributed by atoms with E-state index in [0.29, 0.717) is 5.92 Å². The topological polar surface area (TPSA) is 23.8 Å². The molecule has 0 aromatic rings. The molecule has 1 nitrogen and oxygen atoms in total. The molecule has 1 unspecified atom stereocenters. The first kappa shape index (κ1) is 14.7. The van der Waals surface area contributed by atoms with Gasteiger partial charge in [-0.1, -0.05) is 30.7 Å². The summed E-state index contributed by atoms with van der Waals surface area (Å²) in [6, 6.07) is 2.03. The normalized spacial score (nSPS) is 13.6. The fourth-order valence-electron chi connectivity index (χ4n) is 1.41. The first-order chi connectivity index (χ1) is 7.56. The standard InChI is InChI=1S/C15H23N/c1-13(2)7-5-8-14(3)9-6-10-15(4)11-12-16/h6-7,10-11,14H,5,8-9H2,1-4H3. The first-order valence-electron chi connectivity index (χ1n) is 5.92. The van der Waals surface area contributed by atoms with Crippen LogP contribution in [-0.2, 0) is 0 Å². The Bertz CT molecular complexity index is 309. The minimum Gasteiger partial charge on any atom is -0.193 e. The summed E-state index contributed by atoms with van der Waals surface area (Å²) in [5, 5.41) is 8.45. The smallest absolute Gasteiger partial charge is 0.0914 e. The summed E-state index contributed by atoms with van der Waals surface area (Å²) < 4.78 is 0. The number of nitriles is 1. The molecule has 0 aliphatic rings. The predicted octanol–water partition coefficient (Wildman–Crippen LogP) is 4.79. The highest BCUT2D eigenvalue weighted by atomic mass is 14.2. The van der Waals surface area contributed by atoms with Crippen molar-refractivity contribution in [1.82, 2.24) is 0 Å². The fourth-order valence-corrected chi connectivity index (χ4v) is 1.41. The molecule has 1 heteroatoms. The quantitative estimate of drug-likeness (QED) is 0.356. The molecule has 0 aromatic heterocycles. The van der Waals surface area contributed by atoms with E-state index in [-0.39, 0.29) is 0 Å². The summed E-state index contributed by atoms with van der Waals surface area (Å²) in [5.74, 6) is 0.710. The third kappa shape index (κ3) is 9.27. The van der Waals surface area contributed by atoms with Crippen LogP contribution in [0.15, 0.2) is 35.5 Å². The number of rotatable bonds is 6. The monoisotopic (exact) mass is 217 g/mol. The van der Waals surface area contributed by atoms with E-state index in [1.165, 1.54) is 18.4 Å². The second kappa shape index (κ2) is 8.97. The molecule has 0 aromatic carbocycles. The van der Waals surface area contributed by atoms with E-state index >= 15 is 0 Å². The molecule has 1 atom stereocenters. The van der Waals surface area contributed by atoms with Gasteiger partial charge in [-0.3, -0.25) is 0 Å². The van der Waals surface area contributed by atoms with Crippen molar-refractivity contribution in [2.24, 2.45) is 5.92 Å². The molecular formula is C15H23N. The highest BCUT2D eigenvalue weighted by Crippen LogP contribution is 2.12. The van der Waals surface area contributed by atoms with Crippen LogP contribution in [-0.4, -0.2) is 0 Å². The highest BCUT2D eigenvalue weighted by molar-refractivity contribution is 5.22. The second-order valence-electron chi connectivity index (χ2n) is 4.62. The average Bonchev–Trinajstić information content (AvgIpc) is 2.17. The highest BCUT2D eigenvalue weighted by Gasteiger charge is 1.97. The second-order valence-corrected chi connectivity index (χ2v) is 4.62. The summed E-state index contributed by atoms with van der Waals surface area (Å²) in [5.41, 5.74) is 2.43. The van der Waals surface area contributed by atoms with Crippen LogP contribution >= 0.6 is 0 Å². The molecule has 0 aliphatic carbocycles. The van der Waals surface area contributed by atoms with Crippen molar-refractivity contribution in [2.75, 3.05) is 0 Å². The van der Waals surface area contributed by atoms with E-state index in [1.807, 2.05) is 19.1 Å². The molecular weight excluding hydrogens is 194 g/mol. The summed E-state index contributed by atoms with van der Waals surface area (Å²) in [6.45, 7) is 8.50. The van der Waals surface area contributed by atoms with Gasteiger partial charge in [-0.15, -0.1) is 0 Å².